The SMILES string of the molecule is Cc1ccc(C)c(NC(=O)CN(C)C(=O)[C@@H]2Cc3ccccc3O2)c1. The average Bonchev–Trinajstić information content (AvgIpc) is 3.01. The molecule has 0 bridgehead atoms. The maximum absolute atomic E-state index is 12.5. The lowest BCUT2D eigenvalue weighted by Crippen LogP contribution is -2.42. The van der Waals surface area contributed by atoms with Crippen molar-refractivity contribution in [1.82, 2.24) is 4.90 Å². The van der Waals surface area contributed by atoms with Crippen LogP contribution in [0.1, 0.15) is 16.7 Å². The van der Waals surface area contributed by atoms with Crippen molar-refractivity contribution in [3.63, 3.8) is 0 Å². The van der Waals surface area contributed by atoms with Gasteiger partial charge in [-0.1, -0.05) is 30.3 Å². The number of carbonyl (C=O) groups excluding carboxylic acids is 2. The predicted octanol–water partition coefficient (Wildman–Crippen LogP) is 2.70. The first-order chi connectivity index (χ1) is 11.9. The molecule has 1 aliphatic heterocycles. The summed E-state index contributed by atoms with van der Waals surface area (Å²) < 4.78 is 5.70. The van der Waals surface area contributed by atoms with Crippen LogP contribution >= 0.6 is 0 Å². The number of ether oxygens (including phenoxy) is 1. The van der Waals surface area contributed by atoms with Crippen LogP contribution in [0.5, 0.6) is 5.75 Å². The van der Waals surface area contributed by atoms with Gasteiger partial charge in [0.15, 0.2) is 6.10 Å². The lowest BCUT2D eigenvalue weighted by Gasteiger charge is -2.20. The summed E-state index contributed by atoms with van der Waals surface area (Å²) in [5.74, 6) is 0.335. The monoisotopic (exact) mass is 338 g/mol. The number of hydrogen-bond donors (Lipinski definition) is 1. The molecular formula is C20H22N2O3. The molecule has 0 aromatic heterocycles. The van der Waals surface area contributed by atoms with E-state index in [1.165, 1.54) is 4.90 Å². The molecule has 1 aliphatic rings. The Labute approximate surface area is 147 Å². The molecule has 25 heavy (non-hydrogen) atoms. The molecule has 5 heteroatoms. The van der Waals surface area contributed by atoms with Crippen molar-refractivity contribution in [3.05, 3.63) is 59.2 Å². The molecule has 0 aliphatic carbocycles. The van der Waals surface area contributed by atoms with Gasteiger partial charge < -0.3 is 15.0 Å². The minimum absolute atomic E-state index is 0.0115. The van der Waals surface area contributed by atoms with E-state index in [0.29, 0.717) is 6.42 Å². The molecule has 0 radical (unpaired) electrons. The number of nitrogens with zero attached hydrogens (tertiary/aromatic N) is 1. The van der Waals surface area contributed by atoms with Gasteiger partial charge in [-0.05, 0) is 42.7 Å². The first kappa shape index (κ1) is 17.0. The summed E-state index contributed by atoms with van der Waals surface area (Å²) in [6, 6.07) is 13.5. The van der Waals surface area contributed by atoms with Crippen molar-refractivity contribution in [1.29, 1.82) is 0 Å². The second-order valence-corrected chi connectivity index (χ2v) is 6.48. The summed E-state index contributed by atoms with van der Waals surface area (Å²) in [7, 11) is 1.62. The zero-order chi connectivity index (χ0) is 18.0. The second kappa shape index (κ2) is 6.97. The summed E-state index contributed by atoms with van der Waals surface area (Å²) >= 11 is 0. The highest BCUT2D eigenvalue weighted by Crippen LogP contribution is 2.28. The van der Waals surface area contributed by atoms with Crippen LogP contribution in [0.25, 0.3) is 0 Å². The fourth-order valence-electron chi connectivity index (χ4n) is 2.92. The van der Waals surface area contributed by atoms with Gasteiger partial charge in [-0.2, -0.15) is 0 Å². The topological polar surface area (TPSA) is 58.6 Å². The lowest BCUT2D eigenvalue weighted by molar-refractivity contribution is -0.139. The molecule has 0 saturated heterocycles. The van der Waals surface area contributed by atoms with Gasteiger partial charge in [-0.25, -0.2) is 0 Å². The van der Waals surface area contributed by atoms with Crippen molar-refractivity contribution in [3.8, 4) is 5.75 Å². The van der Waals surface area contributed by atoms with Gasteiger partial charge in [0.05, 0.1) is 6.54 Å². The third-order valence-electron chi connectivity index (χ3n) is 4.35. The number of amides is 2. The van der Waals surface area contributed by atoms with Gasteiger partial charge in [0, 0.05) is 19.2 Å². The molecule has 130 valence electrons. The van der Waals surface area contributed by atoms with Crippen molar-refractivity contribution >= 4 is 17.5 Å². The van der Waals surface area contributed by atoms with Crippen molar-refractivity contribution in [2.75, 3.05) is 18.9 Å². The van der Waals surface area contributed by atoms with Gasteiger partial charge in [-0.3, -0.25) is 9.59 Å². The minimum Gasteiger partial charge on any atom is -0.480 e. The standard InChI is InChI=1S/C20H22N2O3/c1-13-8-9-14(2)16(10-13)21-19(23)12-22(3)20(24)18-11-15-6-4-5-7-17(15)25-18/h4-10,18H,11-12H2,1-3H3,(H,21,23)/t18-/m0/s1. The molecule has 0 saturated carbocycles. The summed E-state index contributed by atoms with van der Waals surface area (Å²) in [4.78, 5) is 26.2. The third kappa shape index (κ3) is 3.82. The second-order valence-electron chi connectivity index (χ2n) is 6.48. The molecule has 2 aromatic rings. The number of rotatable bonds is 4. The fraction of sp³-hybridized carbons (Fsp3) is 0.300. The summed E-state index contributed by atoms with van der Waals surface area (Å²) in [6.45, 7) is 3.90. The molecular weight excluding hydrogens is 316 g/mol. The molecule has 2 aromatic carbocycles. The van der Waals surface area contributed by atoms with Crippen LogP contribution in [0.4, 0.5) is 5.69 Å². The van der Waals surface area contributed by atoms with E-state index in [0.717, 1.165) is 28.1 Å². The van der Waals surface area contributed by atoms with E-state index in [4.69, 9.17) is 4.74 Å². The maximum atomic E-state index is 12.5. The number of likely N-dealkylation sites (N-methyl/N-ethyl adjacent to an activating group) is 1. The van der Waals surface area contributed by atoms with Crippen LogP contribution < -0.4 is 10.1 Å². The maximum Gasteiger partial charge on any atom is 0.264 e. The Morgan fingerprint density at radius 1 is 1.20 bits per heavy atom. The van der Waals surface area contributed by atoms with E-state index < -0.39 is 6.10 Å². The van der Waals surface area contributed by atoms with Crippen LogP contribution in [0.2, 0.25) is 0 Å². The number of para-hydroxylation sites is 1. The van der Waals surface area contributed by atoms with E-state index >= 15 is 0 Å². The molecule has 0 unspecified atom stereocenters. The number of hydrogen-bond acceptors (Lipinski definition) is 3. The molecule has 1 atom stereocenters. The average molecular weight is 338 g/mol. The largest absolute Gasteiger partial charge is 0.480 e. The Bertz CT molecular complexity index is 791. The first-order valence-corrected chi connectivity index (χ1v) is 8.30. The van der Waals surface area contributed by atoms with Crippen LogP contribution in [0.3, 0.4) is 0 Å². The molecule has 2 amide bonds. The van der Waals surface area contributed by atoms with Gasteiger partial charge in [0.1, 0.15) is 5.75 Å². The zero-order valence-electron chi connectivity index (χ0n) is 14.7. The van der Waals surface area contributed by atoms with Crippen LogP contribution in [-0.2, 0) is 16.0 Å². The van der Waals surface area contributed by atoms with Crippen molar-refractivity contribution < 1.29 is 14.3 Å². The van der Waals surface area contributed by atoms with E-state index in [9.17, 15) is 9.59 Å². The van der Waals surface area contributed by atoms with Crippen molar-refractivity contribution in [2.24, 2.45) is 0 Å². The van der Waals surface area contributed by atoms with Gasteiger partial charge in [0.25, 0.3) is 5.91 Å². The van der Waals surface area contributed by atoms with Crippen LogP contribution in [0.15, 0.2) is 42.5 Å². The number of aryl methyl sites for hydroxylation is 2. The molecule has 0 fully saturated rings. The smallest absolute Gasteiger partial charge is 0.264 e. The number of fused-ring (bicyclic) bond motifs is 1. The highest BCUT2D eigenvalue weighted by molar-refractivity contribution is 5.95. The number of nitrogens with one attached hydrogen (secondary N) is 1. The summed E-state index contributed by atoms with van der Waals surface area (Å²) in [5, 5.41) is 2.87. The van der Waals surface area contributed by atoms with E-state index in [2.05, 4.69) is 5.32 Å². The molecule has 5 nitrogen and oxygen atoms in total. The summed E-state index contributed by atoms with van der Waals surface area (Å²) in [5.41, 5.74) is 3.86. The van der Waals surface area contributed by atoms with Crippen LogP contribution in [0, 0.1) is 13.8 Å². The van der Waals surface area contributed by atoms with E-state index in [-0.39, 0.29) is 18.4 Å². The van der Waals surface area contributed by atoms with E-state index in [1.807, 2.05) is 56.3 Å². The first-order valence-electron chi connectivity index (χ1n) is 8.30. The number of benzene rings is 2. The number of carbonyl (C=O) groups is 2. The fourth-order valence-corrected chi connectivity index (χ4v) is 2.92. The Morgan fingerprint density at radius 2 is 1.96 bits per heavy atom. The van der Waals surface area contributed by atoms with Crippen molar-refractivity contribution in [2.45, 2.75) is 26.4 Å². The van der Waals surface area contributed by atoms with Gasteiger partial charge >= 0.3 is 0 Å². The van der Waals surface area contributed by atoms with E-state index in [1.54, 1.807) is 7.05 Å². The normalized spacial score (nSPS) is 15.2. The summed E-state index contributed by atoms with van der Waals surface area (Å²) in [6.07, 6.45) is -0.0197. The predicted molar refractivity (Wildman–Crippen MR) is 96.7 cm³/mol. The molecule has 1 heterocycles. The Kier molecular flexibility index (Phi) is 4.74. The lowest BCUT2D eigenvalue weighted by atomic mass is 10.1. The Hall–Kier alpha value is -2.82. The minimum atomic E-state index is -0.559. The molecule has 0 spiro atoms. The van der Waals surface area contributed by atoms with Crippen LogP contribution in [-0.4, -0.2) is 36.4 Å². The van der Waals surface area contributed by atoms with Gasteiger partial charge in [-0.15, -0.1) is 0 Å². The number of anilines is 1. The zero-order valence-corrected chi connectivity index (χ0v) is 14.7. The Balaban J connectivity index is 1.58. The third-order valence-corrected chi connectivity index (χ3v) is 4.35. The quantitative estimate of drug-likeness (QED) is 0.932. The Morgan fingerprint density at radius 3 is 2.72 bits per heavy atom. The molecule has 1 N–H and O–H groups in total. The van der Waals surface area contributed by atoms with Gasteiger partial charge in [0.2, 0.25) is 5.91 Å². The highest BCUT2D eigenvalue weighted by Gasteiger charge is 2.31. The molecule has 3 rings (SSSR count). The highest BCUT2D eigenvalue weighted by atomic mass is 16.5.